The van der Waals surface area contributed by atoms with E-state index in [-0.39, 0.29) is 11.9 Å². The molecule has 1 amide bonds. The van der Waals surface area contributed by atoms with E-state index in [1.807, 2.05) is 36.2 Å². The molecule has 104 valence electrons. The van der Waals surface area contributed by atoms with Gasteiger partial charge in [-0.2, -0.15) is 0 Å². The molecule has 2 atom stereocenters. The van der Waals surface area contributed by atoms with Gasteiger partial charge in [-0.15, -0.1) is 0 Å². The fraction of sp³-hybridized carbons (Fsp3) is 0.500. The first kappa shape index (κ1) is 14.5. The highest BCUT2D eigenvalue weighted by atomic mass is 79.9. The minimum absolute atomic E-state index is 0.0941. The number of nitrogens with zero attached hydrogens (tertiary/aromatic N) is 2. The second-order valence-electron chi connectivity index (χ2n) is 5.22. The molecule has 0 radical (unpaired) electrons. The Kier molecular flexibility index (Phi) is 4.60. The molecule has 1 fully saturated rings. The van der Waals surface area contributed by atoms with Crippen molar-refractivity contribution in [3.05, 3.63) is 28.7 Å². The van der Waals surface area contributed by atoms with Crippen LogP contribution in [0.5, 0.6) is 0 Å². The molecule has 19 heavy (non-hydrogen) atoms. The predicted molar refractivity (Wildman–Crippen MR) is 81.1 cm³/mol. The molecule has 0 aliphatic carbocycles. The van der Waals surface area contributed by atoms with Crippen molar-refractivity contribution in [2.75, 3.05) is 31.6 Å². The van der Waals surface area contributed by atoms with Crippen LogP contribution >= 0.6 is 15.9 Å². The average molecular weight is 326 g/mol. The molecule has 2 N–H and O–H groups in total. The van der Waals surface area contributed by atoms with Gasteiger partial charge in [0.15, 0.2) is 0 Å². The van der Waals surface area contributed by atoms with Gasteiger partial charge in [0.2, 0.25) is 5.91 Å². The van der Waals surface area contributed by atoms with Gasteiger partial charge in [-0.1, -0.05) is 22.9 Å². The van der Waals surface area contributed by atoms with Crippen LogP contribution in [-0.4, -0.2) is 43.5 Å². The number of hydrogen-bond donors (Lipinski definition) is 1. The van der Waals surface area contributed by atoms with E-state index < -0.39 is 0 Å². The molecule has 1 aliphatic heterocycles. The van der Waals surface area contributed by atoms with Gasteiger partial charge in [-0.3, -0.25) is 9.69 Å². The Morgan fingerprint density at radius 1 is 1.32 bits per heavy atom. The maximum absolute atomic E-state index is 12.6. The number of benzene rings is 1. The number of rotatable bonds is 2. The molecule has 0 saturated carbocycles. The summed E-state index contributed by atoms with van der Waals surface area (Å²) in [6, 6.07) is 7.62. The number of carbonyl (C=O) groups excluding carboxylic acids is 1. The van der Waals surface area contributed by atoms with Crippen LogP contribution in [0.25, 0.3) is 0 Å². The fourth-order valence-electron chi connectivity index (χ4n) is 2.58. The van der Waals surface area contributed by atoms with Crippen LogP contribution in [0.3, 0.4) is 0 Å². The molecular formula is C14H20BrN3O. The molecule has 1 saturated heterocycles. The van der Waals surface area contributed by atoms with Crippen molar-refractivity contribution in [3.8, 4) is 0 Å². The number of likely N-dealkylation sites (N-methyl/N-ethyl adjacent to an activating group) is 1. The van der Waals surface area contributed by atoms with Crippen LogP contribution in [0, 0.1) is 5.92 Å². The lowest BCUT2D eigenvalue weighted by molar-refractivity contribution is -0.122. The Morgan fingerprint density at radius 2 is 1.95 bits per heavy atom. The van der Waals surface area contributed by atoms with Crippen molar-refractivity contribution in [3.63, 3.8) is 0 Å². The molecule has 0 aromatic heterocycles. The Balaban J connectivity index is 2.31. The van der Waals surface area contributed by atoms with Gasteiger partial charge in [0, 0.05) is 29.8 Å². The van der Waals surface area contributed by atoms with Gasteiger partial charge >= 0.3 is 0 Å². The summed E-state index contributed by atoms with van der Waals surface area (Å²) in [4.78, 5) is 16.5. The second kappa shape index (κ2) is 6.03. The van der Waals surface area contributed by atoms with E-state index in [1.165, 1.54) is 0 Å². The lowest BCUT2D eigenvalue weighted by atomic mass is 10.1. The molecule has 2 unspecified atom stereocenters. The summed E-state index contributed by atoms with van der Waals surface area (Å²) in [5.74, 6) is 0.519. The van der Waals surface area contributed by atoms with Crippen molar-refractivity contribution >= 4 is 27.5 Å². The number of anilines is 1. The van der Waals surface area contributed by atoms with Gasteiger partial charge in [0.25, 0.3) is 0 Å². The summed E-state index contributed by atoms with van der Waals surface area (Å²) >= 11 is 3.42. The van der Waals surface area contributed by atoms with E-state index in [4.69, 9.17) is 5.73 Å². The second-order valence-corrected chi connectivity index (χ2v) is 6.14. The third-order valence-corrected chi connectivity index (χ3v) is 4.07. The zero-order chi connectivity index (χ0) is 14.0. The van der Waals surface area contributed by atoms with Crippen LogP contribution < -0.4 is 10.6 Å². The highest BCUT2D eigenvalue weighted by Gasteiger charge is 2.32. The molecule has 4 nitrogen and oxygen atoms in total. The Morgan fingerprint density at radius 3 is 2.53 bits per heavy atom. The van der Waals surface area contributed by atoms with Crippen LogP contribution in [0.15, 0.2) is 28.7 Å². The molecule has 0 spiro atoms. The smallest absolute Gasteiger partial charge is 0.245 e. The Hall–Kier alpha value is -0.910. The van der Waals surface area contributed by atoms with Crippen molar-refractivity contribution in [2.45, 2.75) is 13.0 Å². The van der Waals surface area contributed by atoms with Gasteiger partial charge < -0.3 is 10.6 Å². The summed E-state index contributed by atoms with van der Waals surface area (Å²) in [5, 5.41) is 0. The summed E-state index contributed by atoms with van der Waals surface area (Å²) < 4.78 is 1.01. The highest BCUT2D eigenvalue weighted by molar-refractivity contribution is 9.10. The van der Waals surface area contributed by atoms with E-state index in [0.717, 1.165) is 23.2 Å². The van der Waals surface area contributed by atoms with Gasteiger partial charge in [-0.05, 0) is 37.2 Å². The first-order chi connectivity index (χ1) is 9.02. The van der Waals surface area contributed by atoms with Crippen molar-refractivity contribution in [1.82, 2.24) is 4.90 Å². The SMILES string of the molecule is CC1CN(c2ccc(Br)cc2)C(=O)C(CN)N(C)C1. The number of hydrogen-bond acceptors (Lipinski definition) is 3. The summed E-state index contributed by atoms with van der Waals surface area (Å²) in [7, 11) is 1.97. The number of halogens is 1. The van der Waals surface area contributed by atoms with E-state index in [9.17, 15) is 4.79 Å². The van der Waals surface area contributed by atoms with Crippen molar-refractivity contribution < 1.29 is 4.79 Å². The standard InChI is InChI=1S/C14H20BrN3O/c1-10-8-17(2)13(7-16)14(19)18(9-10)12-5-3-11(15)4-6-12/h3-6,10,13H,7-9,16H2,1-2H3. The summed E-state index contributed by atoms with van der Waals surface area (Å²) in [6.45, 7) is 4.14. The minimum Gasteiger partial charge on any atom is -0.328 e. The maximum atomic E-state index is 12.6. The molecule has 2 rings (SSSR count). The summed E-state index contributed by atoms with van der Waals surface area (Å²) in [5.41, 5.74) is 6.71. The van der Waals surface area contributed by atoms with E-state index in [1.54, 1.807) is 0 Å². The molecule has 1 aromatic carbocycles. The van der Waals surface area contributed by atoms with Gasteiger partial charge in [0.05, 0.1) is 0 Å². The summed E-state index contributed by atoms with van der Waals surface area (Å²) in [6.07, 6.45) is 0. The average Bonchev–Trinajstić information content (AvgIpc) is 2.47. The highest BCUT2D eigenvalue weighted by Crippen LogP contribution is 2.23. The van der Waals surface area contributed by atoms with Crippen LogP contribution in [0.4, 0.5) is 5.69 Å². The van der Waals surface area contributed by atoms with Crippen LogP contribution in [-0.2, 0) is 4.79 Å². The lowest BCUT2D eigenvalue weighted by Gasteiger charge is -2.27. The zero-order valence-electron chi connectivity index (χ0n) is 11.3. The first-order valence-electron chi connectivity index (χ1n) is 6.50. The fourth-order valence-corrected chi connectivity index (χ4v) is 2.85. The largest absolute Gasteiger partial charge is 0.328 e. The quantitative estimate of drug-likeness (QED) is 0.900. The molecule has 1 heterocycles. The third-order valence-electron chi connectivity index (χ3n) is 3.54. The van der Waals surface area contributed by atoms with E-state index in [0.29, 0.717) is 12.5 Å². The topological polar surface area (TPSA) is 49.6 Å². The monoisotopic (exact) mass is 325 g/mol. The predicted octanol–water partition coefficient (Wildman–Crippen LogP) is 1.69. The normalized spacial score (nSPS) is 25.5. The molecule has 0 bridgehead atoms. The van der Waals surface area contributed by atoms with Crippen LogP contribution in [0.2, 0.25) is 0 Å². The van der Waals surface area contributed by atoms with Gasteiger partial charge in [-0.25, -0.2) is 0 Å². The zero-order valence-corrected chi connectivity index (χ0v) is 12.9. The number of amides is 1. The molecule has 1 aliphatic rings. The van der Waals surface area contributed by atoms with E-state index >= 15 is 0 Å². The minimum atomic E-state index is -0.228. The Bertz CT molecular complexity index is 449. The molecular weight excluding hydrogens is 306 g/mol. The maximum Gasteiger partial charge on any atom is 0.245 e. The molecule has 1 aromatic rings. The van der Waals surface area contributed by atoms with Crippen LogP contribution in [0.1, 0.15) is 6.92 Å². The van der Waals surface area contributed by atoms with Crippen molar-refractivity contribution in [1.29, 1.82) is 0 Å². The van der Waals surface area contributed by atoms with Crippen molar-refractivity contribution in [2.24, 2.45) is 11.7 Å². The Labute approximate surface area is 122 Å². The van der Waals surface area contributed by atoms with E-state index in [2.05, 4.69) is 27.8 Å². The first-order valence-corrected chi connectivity index (χ1v) is 7.29. The van der Waals surface area contributed by atoms with Gasteiger partial charge in [0.1, 0.15) is 6.04 Å². The molecule has 5 heteroatoms. The number of nitrogens with two attached hydrogens (primary N) is 1. The number of carbonyl (C=O) groups is 1. The third kappa shape index (κ3) is 3.16. The lowest BCUT2D eigenvalue weighted by Crippen LogP contribution is -2.48.